The monoisotopic (exact) mass is 234 g/mol. The molecule has 17 heavy (non-hydrogen) atoms. The summed E-state index contributed by atoms with van der Waals surface area (Å²) >= 11 is 0. The maximum atomic E-state index is 5.87. The number of nitrogens with two attached hydrogens (primary N) is 1. The van der Waals surface area contributed by atoms with Crippen LogP contribution >= 0.6 is 0 Å². The molecule has 0 spiro atoms. The Labute approximate surface area is 103 Å². The van der Waals surface area contributed by atoms with Crippen molar-refractivity contribution < 1.29 is 4.74 Å². The molecular formula is C14H22N2O. The van der Waals surface area contributed by atoms with Gasteiger partial charge in [0, 0.05) is 12.1 Å². The summed E-state index contributed by atoms with van der Waals surface area (Å²) in [6.07, 6.45) is 2.24. The number of ether oxygens (including phenoxy) is 1. The van der Waals surface area contributed by atoms with Gasteiger partial charge in [0.25, 0.3) is 0 Å². The number of hydrogen-bond donors (Lipinski definition) is 2. The van der Waals surface area contributed by atoms with Crippen LogP contribution in [0.25, 0.3) is 0 Å². The van der Waals surface area contributed by atoms with Gasteiger partial charge in [0.15, 0.2) is 0 Å². The minimum Gasteiger partial charge on any atom is -0.496 e. The van der Waals surface area contributed by atoms with Crippen LogP contribution in [0.15, 0.2) is 18.2 Å². The lowest BCUT2D eigenvalue weighted by molar-refractivity contribution is 0.204. The average Bonchev–Trinajstić information content (AvgIpc) is 2.28. The molecule has 1 saturated carbocycles. The highest BCUT2D eigenvalue weighted by atomic mass is 16.5. The highest BCUT2D eigenvalue weighted by Crippen LogP contribution is 2.37. The maximum Gasteiger partial charge on any atom is 0.121 e. The molecule has 1 aliphatic rings. The lowest BCUT2D eigenvalue weighted by Gasteiger charge is -2.38. The second-order valence-corrected chi connectivity index (χ2v) is 4.99. The summed E-state index contributed by atoms with van der Waals surface area (Å²) < 4.78 is 5.29. The average molecular weight is 234 g/mol. The molecule has 94 valence electrons. The molecule has 0 radical (unpaired) electrons. The van der Waals surface area contributed by atoms with Crippen molar-refractivity contribution in [1.29, 1.82) is 0 Å². The van der Waals surface area contributed by atoms with Crippen LogP contribution in [-0.4, -0.2) is 20.2 Å². The van der Waals surface area contributed by atoms with Crippen molar-refractivity contribution in [3.05, 3.63) is 29.3 Å². The Morgan fingerprint density at radius 3 is 2.59 bits per heavy atom. The van der Waals surface area contributed by atoms with Gasteiger partial charge in [-0.15, -0.1) is 0 Å². The molecule has 0 amide bonds. The Morgan fingerprint density at radius 1 is 1.41 bits per heavy atom. The number of hydrogen-bond acceptors (Lipinski definition) is 3. The van der Waals surface area contributed by atoms with Crippen molar-refractivity contribution in [3.63, 3.8) is 0 Å². The van der Waals surface area contributed by atoms with E-state index >= 15 is 0 Å². The van der Waals surface area contributed by atoms with Crippen LogP contribution < -0.4 is 15.8 Å². The lowest BCUT2D eigenvalue weighted by atomic mass is 9.74. The van der Waals surface area contributed by atoms with E-state index in [1.807, 2.05) is 13.1 Å². The Bertz CT molecular complexity index is 386. The van der Waals surface area contributed by atoms with Crippen molar-refractivity contribution in [2.24, 2.45) is 11.7 Å². The van der Waals surface area contributed by atoms with Gasteiger partial charge in [-0.1, -0.05) is 12.1 Å². The first-order valence-corrected chi connectivity index (χ1v) is 6.23. The van der Waals surface area contributed by atoms with Gasteiger partial charge in [0.05, 0.1) is 7.11 Å². The van der Waals surface area contributed by atoms with Gasteiger partial charge >= 0.3 is 0 Å². The van der Waals surface area contributed by atoms with Crippen LogP contribution in [0.5, 0.6) is 5.75 Å². The topological polar surface area (TPSA) is 47.3 Å². The zero-order valence-electron chi connectivity index (χ0n) is 10.9. The number of rotatable bonds is 4. The quantitative estimate of drug-likeness (QED) is 0.837. The number of methoxy groups -OCH3 is 1. The van der Waals surface area contributed by atoms with Crippen molar-refractivity contribution in [1.82, 2.24) is 5.32 Å². The molecular weight excluding hydrogens is 212 g/mol. The third kappa shape index (κ3) is 2.45. The molecule has 1 aromatic carbocycles. The molecule has 2 rings (SSSR count). The maximum absolute atomic E-state index is 5.87. The van der Waals surface area contributed by atoms with E-state index < -0.39 is 0 Å². The molecule has 0 saturated heterocycles. The highest BCUT2D eigenvalue weighted by Gasteiger charge is 2.33. The minimum atomic E-state index is 0.398. The van der Waals surface area contributed by atoms with Crippen LogP contribution in [0, 0.1) is 12.8 Å². The van der Waals surface area contributed by atoms with Crippen LogP contribution in [0.2, 0.25) is 0 Å². The van der Waals surface area contributed by atoms with E-state index in [9.17, 15) is 0 Å². The Balaban J connectivity index is 2.16. The smallest absolute Gasteiger partial charge is 0.121 e. The fraction of sp³-hybridized carbons (Fsp3) is 0.571. The van der Waals surface area contributed by atoms with E-state index in [1.165, 1.54) is 11.1 Å². The highest BCUT2D eigenvalue weighted by molar-refractivity contribution is 5.37. The standard InChI is InChI=1S/C14H22N2O/c1-9-6-10(4-5-13(9)17-3)14(16-2)11-7-12(15)8-11/h4-6,11-12,14,16H,7-8,15H2,1-3H3. The van der Waals surface area contributed by atoms with Gasteiger partial charge in [0.2, 0.25) is 0 Å². The van der Waals surface area contributed by atoms with Crippen LogP contribution in [-0.2, 0) is 0 Å². The molecule has 3 heteroatoms. The number of nitrogens with one attached hydrogen (secondary N) is 1. The third-order valence-corrected chi connectivity index (χ3v) is 3.77. The Hall–Kier alpha value is -1.06. The second-order valence-electron chi connectivity index (χ2n) is 4.99. The summed E-state index contributed by atoms with van der Waals surface area (Å²) in [7, 11) is 3.73. The number of benzene rings is 1. The second kappa shape index (κ2) is 5.07. The van der Waals surface area contributed by atoms with Gasteiger partial charge in [-0.3, -0.25) is 0 Å². The Kier molecular flexibility index (Phi) is 3.69. The van der Waals surface area contributed by atoms with Gasteiger partial charge in [-0.05, 0) is 49.9 Å². The molecule has 3 nitrogen and oxygen atoms in total. The molecule has 0 aliphatic heterocycles. The summed E-state index contributed by atoms with van der Waals surface area (Å²) in [5, 5.41) is 3.41. The fourth-order valence-corrected chi connectivity index (χ4v) is 2.75. The molecule has 0 heterocycles. The van der Waals surface area contributed by atoms with Gasteiger partial charge in [-0.2, -0.15) is 0 Å². The van der Waals surface area contributed by atoms with Gasteiger partial charge < -0.3 is 15.8 Å². The SMILES string of the molecule is CNC(c1ccc(OC)c(C)c1)C1CC(N)C1. The Morgan fingerprint density at radius 2 is 2.12 bits per heavy atom. The molecule has 1 aliphatic carbocycles. The molecule has 0 aromatic heterocycles. The van der Waals surface area contributed by atoms with Gasteiger partial charge in [-0.25, -0.2) is 0 Å². The summed E-state index contributed by atoms with van der Waals surface area (Å²) in [6.45, 7) is 2.08. The number of aryl methyl sites for hydroxylation is 1. The van der Waals surface area contributed by atoms with Crippen molar-refractivity contribution in [2.45, 2.75) is 31.8 Å². The summed E-state index contributed by atoms with van der Waals surface area (Å²) in [6, 6.07) is 7.23. The largest absolute Gasteiger partial charge is 0.496 e. The molecule has 1 atom stereocenters. The zero-order chi connectivity index (χ0) is 12.4. The minimum absolute atomic E-state index is 0.398. The zero-order valence-corrected chi connectivity index (χ0v) is 10.9. The lowest BCUT2D eigenvalue weighted by Crippen LogP contribution is -2.42. The van der Waals surface area contributed by atoms with Gasteiger partial charge in [0.1, 0.15) is 5.75 Å². The van der Waals surface area contributed by atoms with Crippen LogP contribution in [0.4, 0.5) is 0 Å². The summed E-state index contributed by atoms with van der Waals surface area (Å²) in [4.78, 5) is 0. The first-order chi connectivity index (χ1) is 8.15. The predicted octanol–water partition coefficient (Wildman–Crippen LogP) is 2.00. The van der Waals surface area contributed by atoms with Crippen molar-refractivity contribution >= 4 is 0 Å². The fourth-order valence-electron chi connectivity index (χ4n) is 2.75. The first kappa shape index (κ1) is 12.4. The van der Waals surface area contributed by atoms with Crippen LogP contribution in [0.3, 0.4) is 0 Å². The third-order valence-electron chi connectivity index (χ3n) is 3.77. The molecule has 1 aromatic rings. The molecule has 1 unspecified atom stereocenters. The van der Waals surface area contributed by atoms with Crippen molar-refractivity contribution in [2.75, 3.05) is 14.2 Å². The van der Waals surface area contributed by atoms with E-state index in [4.69, 9.17) is 10.5 Å². The predicted molar refractivity (Wildman–Crippen MR) is 70.2 cm³/mol. The van der Waals surface area contributed by atoms with E-state index in [0.717, 1.165) is 18.6 Å². The molecule has 1 fully saturated rings. The summed E-state index contributed by atoms with van der Waals surface area (Å²) in [5.41, 5.74) is 8.39. The first-order valence-electron chi connectivity index (χ1n) is 6.23. The van der Waals surface area contributed by atoms with E-state index in [2.05, 4.69) is 24.4 Å². The van der Waals surface area contributed by atoms with E-state index in [1.54, 1.807) is 7.11 Å². The van der Waals surface area contributed by atoms with Crippen LogP contribution in [0.1, 0.15) is 30.0 Å². The molecule has 3 N–H and O–H groups in total. The van der Waals surface area contributed by atoms with E-state index in [-0.39, 0.29) is 0 Å². The summed E-state index contributed by atoms with van der Waals surface area (Å²) in [5.74, 6) is 1.62. The van der Waals surface area contributed by atoms with E-state index in [0.29, 0.717) is 18.0 Å². The molecule has 0 bridgehead atoms. The normalized spacial score (nSPS) is 25.2. The van der Waals surface area contributed by atoms with Crippen molar-refractivity contribution in [3.8, 4) is 5.75 Å².